The average Bonchev–Trinajstić information content (AvgIpc) is 3.47. The maximum absolute atomic E-state index is 12.7. The molecule has 1 aliphatic rings. The van der Waals surface area contributed by atoms with Gasteiger partial charge in [0.05, 0.1) is 23.8 Å². The first kappa shape index (κ1) is 21.0. The Hall–Kier alpha value is -1.67. The number of nitrogens with zero attached hydrogens (tertiary/aromatic N) is 1. The molecule has 28 heavy (non-hydrogen) atoms. The second-order valence-electron chi connectivity index (χ2n) is 6.38. The van der Waals surface area contributed by atoms with Crippen molar-refractivity contribution in [2.24, 2.45) is 5.92 Å². The Labute approximate surface area is 171 Å². The second-order valence-corrected chi connectivity index (χ2v) is 7.19. The van der Waals surface area contributed by atoms with Gasteiger partial charge in [0.2, 0.25) is 0 Å². The third kappa shape index (κ3) is 5.67. The predicted octanol–water partition coefficient (Wildman–Crippen LogP) is 5.64. The minimum atomic E-state index is -2.95. The van der Waals surface area contributed by atoms with Crippen LogP contribution in [0.25, 0.3) is 0 Å². The Kier molecular flexibility index (Phi) is 7.29. The first-order chi connectivity index (χ1) is 13.5. The molecular formula is C19H19Cl2F2NO4. The number of pyridine rings is 1. The molecule has 0 bridgehead atoms. The maximum atomic E-state index is 12.7. The lowest BCUT2D eigenvalue weighted by Crippen LogP contribution is -2.11. The maximum Gasteiger partial charge on any atom is 0.387 e. The molecule has 1 aliphatic carbocycles. The molecule has 152 valence electrons. The molecule has 0 aliphatic heterocycles. The molecule has 9 heteroatoms. The molecule has 0 N–H and O–H groups in total. The molecule has 0 spiro atoms. The summed E-state index contributed by atoms with van der Waals surface area (Å²) in [4.78, 5) is 14.2. The minimum Gasteiger partial charge on any atom is -0.489 e. The molecule has 1 heterocycles. The lowest BCUT2D eigenvalue weighted by atomic mass is 10.0. The van der Waals surface area contributed by atoms with Gasteiger partial charge in [-0.25, -0.2) is 9.78 Å². The van der Waals surface area contributed by atoms with E-state index in [0.29, 0.717) is 33.7 Å². The number of halogens is 4. The fourth-order valence-corrected chi connectivity index (χ4v) is 3.18. The van der Waals surface area contributed by atoms with Gasteiger partial charge in [0.25, 0.3) is 0 Å². The Bertz CT molecular complexity index is 785. The zero-order chi connectivity index (χ0) is 20.1. The lowest BCUT2D eigenvalue weighted by molar-refractivity contribution is -0.307. The number of benzene rings is 1. The van der Waals surface area contributed by atoms with Gasteiger partial charge in [-0.2, -0.15) is 8.78 Å². The van der Waals surface area contributed by atoms with Crippen LogP contribution in [0.5, 0.6) is 11.5 Å². The van der Waals surface area contributed by atoms with Crippen LogP contribution in [0.3, 0.4) is 0 Å². The van der Waals surface area contributed by atoms with Crippen molar-refractivity contribution >= 4 is 23.2 Å². The molecule has 1 saturated carbocycles. The number of hydrogen-bond donors (Lipinski definition) is 0. The number of aromatic nitrogens is 1. The summed E-state index contributed by atoms with van der Waals surface area (Å²) in [6, 6.07) is 4.63. The third-order valence-electron chi connectivity index (χ3n) is 4.28. The summed E-state index contributed by atoms with van der Waals surface area (Å²) < 4.78 is 35.7. The molecule has 0 amide bonds. The van der Waals surface area contributed by atoms with Crippen LogP contribution in [0, 0.1) is 5.92 Å². The Morgan fingerprint density at radius 1 is 1.14 bits per heavy atom. The van der Waals surface area contributed by atoms with Gasteiger partial charge in [-0.1, -0.05) is 29.3 Å². The Morgan fingerprint density at radius 3 is 2.46 bits per heavy atom. The van der Waals surface area contributed by atoms with Gasteiger partial charge in [0.1, 0.15) is 6.10 Å². The fraction of sp³-hybridized carbons (Fsp3) is 0.421. The van der Waals surface area contributed by atoms with Crippen LogP contribution < -0.4 is 9.47 Å². The van der Waals surface area contributed by atoms with Crippen molar-refractivity contribution in [2.75, 3.05) is 13.7 Å². The number of rotatable bonds is 10. The summed E-state index contributed by atoms with van der Waals surface area (Å²) in [5, 5.41) is 0.778. The SMILES string of the molecule is COOC(Cc1c(Cl)cncc1Cl)c1ccc(OC(F)F)c(OCC2CC2)c1. The number of hydrogen-bond acceptors (Lipinski definition) is 5. The van der Waals surface area contributed by atoms with Gasteiger partial charge in [0, 0.05) is 18.8 Å². The summed E-state index contributed by atoms with van der Waals surface area (Å²) in [5.41, 5.74) is 1.27. The minimum absolute atomic E-state index is 0.0319. The summed E-state index contributed by atoms with van der Waals surface area (Å²) in [5.74, 6) is 0.639. The van der Waals surface area contributed by atoms with Crippen LogP contribution in [-0.4, -0.2) is 25.3 Å². The van der Waals surface area contributed by atoms with Crippen molar-refractivity contribution in [3.63, 3.8) is 0 Å². The molecule has 0 radical (unpaired) electrons. The van der Waals surface area contributed by atoms with Gasteiger partial charge in [-0.3, -0.25) is 4.98 Å². The van der Waals surface area contributed by atoms with Crippen LogP contribution in [0.2, 0.25) is 10.0 Å². The van der Waals surface area contributed by atoms with Crippen molar-refractivity contribution in [1.29, 1.82) is 0 Å². The first-order valence-corrected chi connectivity index (χ1v) is 9.42. The highest BCUT2D eigenvalue weighted by Crippen LogP contribution is 2.37. The molecule has 1 atom stereocenters. The van der Waals surface area contributed by atoms with E-state index in [-0.39, 0.29) is 17.9 Å². The molecule has 2 aromatic rings. The average molecular weight is 434 g/mol. The Morgan fingerprint density at radius 2 is 1.86 bits per heavy atom. The van der Waals surface area contributed by atoms with E-state index < -0.39 is 12.7 Å². The van der Waals surface area contributed by atoms with E-state index in [1.807, 2.05) is 0 Å². The number of alkyl halides is 2. The zero-order valence-corrected chi connectivity index (χ0v) is 16.6. The van der Waals surface area contributed by atoms with E-state index in [0.717, 1.165) is 12.8 Å². The van der Waals surface area contributed by atoms with Crippen molar-refractivity contribution in [1.82, 2.24) is 4.98 Å². The summed E-state index contributed by atoms with van der Waals surface area (Å²) in [6.07, 6.45) is 4.78. The van der Waals surface area contributed by atoms with Gasteiger partial charge < -0.3 is 9.47 Å². The second kappa shape index (κ2) is 9.69. The van der Waals surface area contributed by atoms with E-state index in [9.17, 15) is 8.78 Å². The van der Waals surface area contributed by atoms with Gasteiger partial charge in [-0.15, -0.1) is 0 Å². The van der Waals surface area contributed by atoms with Crippen LogP contribution >= 0.6 is 23.2 Å². The lowest BCUT2D eigenvalue weighted by Gasteiger charge is -2.19. The quantitative estimate of drug-likeness (QED) is 0.358. The van der Waals surface area contributed by atoms with E-state index >= 15 is 0 Å². The van der Waals surface area contributed by atoms with Crippen molar-refractivity contribution < 1.29 is 28.0 Å². The third-order valence-corrected chi connectivity index (χ3v) is 4.93. The van der Waals surface area contributed by atoms with Gasteiger partial charge in [-0.05, 0) is 42.0 Å². The number of ether oxygens (including phenoxy) is 2. The van der Waals surface area contributed by atoms with Gasteiger partial charge in [0.15, 0.2) is 11.5 Å². The van der Waals surface area contributed by atoms with Crippen molar-refractivity contribution in [3.8, 4) is 11.5 Å². The molecule has 3 rings (SSSR count). The molecule has 1 aromatic heterocycles. The highest BCUT2D eigenvalue weighted by Gasteiger charge is 2.24. The fourth-order valence-electron chi connectivity index (χ4n) is 2.67. The van der Waals surface area contributed by atoms with Crippen LogP contribution in [-0.2, 0) is 16.2 Å². The van der Waals surface area contributed by atoms with E-state index in [1.165, 1.54) is 25.6 Å². The summed E-state index contributed by atoms with van der Waals surface area (Å²) in [7, 11) is 1.38. The molecule has 1 fully saturated rings. The van der Waals surface area contributed by atoms with E-state index in [4.69, 9.17) is 37.7 Å². The normalized spacial score (nSPS) is 14.9. The van der Waals surface area contributed by atoms with Crippen LogP contribution in [0.1, 0.15) is 30.1 Å². The first-order valence-electron chi connectivity index (χ1n) is 8.66. The van der Waals surface area contributed by atoms with Crippen molar-refractivity contribution in [2.45, 2.75) is 32.0 Å². The molecule has 5 nitrogen and oxygen atoms in total. The van der Waals surface area contributed by atoms with Crippen molar-refractivity contribution in [3.05, 3.63) is 51.8 Å². The molecule has 1 aromatic carbocycles. The van der Waals surface area contributed by atoms with Crippen LogP contribution in [0.15, 0.2) is 30.6 Å². The highest BCUT2D eigenvalue weighted by atomic mass is 35.5. The molecule has 0 saturated heterocycles. The van der Waals surface area contributed by atoms with Gasteiger partial charge >= 0.3 is 6.61 Å². The largest absolute Gasteiger partial charge is 0.489 e. The van der Waals surface area contributed by atoms with E-state index in [1.54, 1.807) is 12.1 Å². The summed E-state index contributed by atoms with van der Waals surface area (Å²) >= 11 is 12.4. The molecule has 1 unspecified atom stereocenters. The van der Waals surface area contributed by atoms with Crippen LogP contribution in [0.4, 0.5) is 8.78 Å². The predicted molar refractivity (Wildman–Crippen MR) is 100 cm³/mol. The monoisotopic (exact) mass is 433 g/mol. The topological polar surface area (TPSA) is 49.8 Å². The standard InChI is InChI=1S/C19H19Cl2F2NO4/c1-25-28-17(7-13-14(20)8-24-9-15(13)21)12-4-5-16(27-19(22)23)18(6-12)26-10-11-2-3-11/h4-6,8-9,11,17,19H,2-3,7,10H2,1H3. The smallest absolute Gasteiger partial charge is 0.387 e. The van der Waals surface area contributed by atoms with E-state index in [2.05, 4.69) is 9.72 Å². The zero-order valence-electron chi connectivity index (χ0n) is 15.0. The summed E-state index contributed by atoms with van der Waals surface area (Å²) in [6.45, 7) is -2.50. The highest BCUT2D eigenvalue weighted by molar-refractivity contribution is 6.35. The Balaban J connectivity index is 1.87. The molecular weight excluding hydrogens is 415 g/mol.